The average molecular weight is 883 g/mol. The molecule has 2 atom stereocenters. The summed E-state index contributed by atoms with van der Waals surface area (Å²) in [6.07, 6.45) is 9.07. The normalized spacial score (nSPS) is 15.1. The SMILES string of the molecule is C1=CC2c3ccccc3N(c3ccc4c5ccc(-c6ccc(-c7nc(-c8ccccc8)nc(-c8ccccc8)n7)cc6-n6c7ccccc7c7ccccc76)cc5n(-c5ccccc5)c4c3)C2C=C1. The molecule has 6 heteroatoms. The van der Waals surface area contributed by atoms with Crippen LogP contribution in [0, 0.1) is 0 Å². The molecule has 0 amide bonds. The number of hydrogen-bond acceptors (Lipinski definition) is 4. The van der Waals surface area contributed by atoms with E-state index < -0.39 is 0 Å². The van der Waals surface area contributed by atoms with Crippen molar-refractivity contribution in [3.63, 3.8) is 0 Å². The maximum atomic E-state index is 5.18. The number of allylic oxidation sites excluding steroid dienone is 2. The number of aromatic nitrogens is 5. The molecule has 0 radical (unpaired) electrons. The van der Waals surface area contributed by atoms with Gasteiger partial charge < -0.3 is 14.0 Å². The van der Waals surface area contributed by atoms with Gasteiger partial charge in [0, 0.05) is 66.8 Å². The number of para-hydroxylation sites is 4. The van der Waals surface area contributed by atoms with Gasteiger partial charge >= 0.3 is 0 Å². The molecule has 0 spiro atoms. The van der Waals surface area contributed by atoms with E-state index in [9.17, 15) is 0 Å². The summed E-state index contributed by atoms with van der Waals surface area (Å²) in [6, 6.07) is 78.4. The molecule has 2 unspecified atom stereocenters. The van der Waals surface area contributed by atoms with Gasteiger partial charge in [0.05, 0.1) is 33.8 Å². The molecule has 3 aromatic heterocycles. The Balaban J connectivity index is 1.00. The number of nitrogens with zero attached hydrogens (tertiary/aromatic N) is 6. The van der Waals surface area contributed by atoms with E-state index in [1.807, 2.05) is 36.4 Å². The summed E-state index contributed by atoms with van der Waals surface area (Å²) in [7, 11) is 0. The van der Waals surface area contributed by atoms with Gasteiger partial charge in [0.15, 0.2) is 17.5 Å². The van der Waals surface area contributed by atoms with Gasteiger partial charge in [-0.1, -0.05) is 188 Å². The van der Waals surface area contributed by atoms with Crippen LogP contribution in [0.4, 0.5) is 11.4 Å². The lowest BCUT2D eigenvalue weighted by Gasteiger charge is -2.29. The van der Waals surface area contributed by atoms with E-state index in [1.54, 1.807) is 0 Å². The fourth-order valence-electron chi connectivity index (χ4n) is 11.0. The standard InChI is InChI=1S/C63H42N6/c1-4-18-41(19-5-1)61-64-62(42-20-6-2-7-21-42)66-63(65-61)44-33-35-47(58(39-44)69-56-30-16-12-26-50(56)51-27-13-17-31-57(51)69)43-32-36-52-53-37-34-46(40-60(53)67(59(52)38-43)45-22-8-3-9-23-45)68-54-28-14-10-24-48(54)49-25-11-15-29-55(49)68/h1-40,48,54H. The molecular formula is C63H42N6. The summed E-state index contributed by atoms with van der Waals surface area (Å²) in [5, 5.41) is 4.81. The van der Waals surface area contributed by atoms with Crippen LogP contribution in [-0.2, 0) is 0 Å². The van der Waals surface area contributed by atoms with Gasteiger partial charge in [-0.25, -0.2) is 15.0 Å². The van der Waals surface area contributed by atoms with Crippen molar-refractivity contribution in [2.75, 3.05) is 4.90 Å². The van der Waals surface area contributed by atoms with Gasteiger partial charge in [0.25, 0.3) is 0 Å². The zero-order valence-electron chi connectivity index (χ0n) is 37.4. The Morgan fingerprint density at radius 3 is 1.57 bits per heavy atom. The molecule has 12 aromatic rings. The first-order chi connectivity index (χ1) is 34.2. The third-order valence-electron chi connectivity index (χ3n) is 14.1. The summed E-state index contributed by atoms with van der Waals surface area (Å²) in [6.45, 7) is 0. The highest BCUT2D eigenvalue weighted by Gasteiger charge is 2.37. The lowest BCUT2D eigenvalue weighted by atomic mass is 9.91. The topological polar surface area (TPSA) is 51.8 Å². The van der Waals surface area contributed by atoms with Gasteiger partial charge in [-0.2, -0.15) is 0 Å². The van der Waals surface area contributed by atoms with E-state index in [1.165, 1.54) is 44.0 Å². The van der Waals surface area contributed by atoms with Crippen LogP contribution in [0.2, 0.25) is 0 Å². The number of rotatable bonds is 7. The lowest BCUT2D eigenvalue weighted by molar-refractivity contribution is 0.745. The highest BCUT2D eigenvalue weighted by molar-refractivity contribution is 6.12. The molecule has 2 aliphatic rings. The van der Waals surface area contributed by atoms with Crippen molar-refractivity contribution < 1.29 is 0 Å². The van der Waals surface area contributed by atoms with Crippen molar-refractivity contribution >= 4 is 55.0 Å². The minimum absolute atomic E-state index is 0.209. The molecule has 0 N–H and O–H groups in total. The molecule has 1 aliphatic carbocycles. The zero-order valence-corrected chi connectivity index (χ0v) is 37.4. The van der Waals surface area contributed by atoms with E-state index in [2.05, 4.69) is 220 Å². The van der Waals surface area contributed by atoms with Crippen LogP contribution in [0.3, 0.4) is 0 Å². The molecule has 0 bridgehead atoms. The van der Waals surface area contributed by atoms with Crippen molar-refractivity contribution in [3.8, 4) is 56.7 Å². The number of benzene rings is 9. The van der Waals surface area contributed by atoms with Crippen LogP contribution in [0.5, 0.6) is 0 Å². The highest BCUT2D eigenvalue weighted by Crippen LogP contribution is 2.49. The summed E-state index contributed by atoms with van der Waals surface area (Å²) in [4.78, 5) is 17.9. The van der Waals surface area contributed by atoms with Crippen molar-refractivity contribution in [1.82, 2.24) is 24.1 Å². The Bertz CT molecular complexity index is 3920. The molecule has 1 aliphatic heterocycles. The van der Waals surface area contributed by atoms with E-state index in [0.717, 1.165) is 55.7 Å². The van der Waals surface area contributed by atoms with Crippen LogP contribution >= 0.6 is 0 Å². The molecule has 324 valence electrons. The molecule has 4 heterocycles. The fraction of sp³-hybridized carbons (Fsp3) is 0.0317. The predicted molar refractivity (Wildman–Crippen MR) is 284 cm³/mol. The highest BCUT2D eigenvalue weighted by atomic mass is 15.2. The summed E-state index contributed by atoms with van der Waals surface area (Å²) < 4.78 is 4.86. The quantitative estimate of drug-likeness (QED) is 0.160. The first-order valence-electron chi connectivity index (χ1n) is 23.6. The van der Waals surface area contributed by atoms with Gasteiger partial charge in [-0.05, 0) is 65.7 Å². The summed E-state index contributed by atoms with van der Waals surface area (Å²) >= 11 is 0. The molecule has 9 aromatic carbocycles. The molecule has 69 heavy (non-hydrogen) atoms. The molecule has 0 saturated carbocycles. The monoisotopic (exact) mass is 882 g/mol. The Hall–Kier alpha value is -9.13. The average Bonchev–Trinajstić information content (AvgIpc) is 4.06. The van der Waals surface area contributed by atoms with E-state index in [0.29, 0.717) is 23.4 Å². The van der Waals surface area contributed by atoms with Crippen molar-refractivity contribution in [3.05, 3.63) is 248 Å². The largest absolute Gasteiger partial charge is 0.333 e. The maximum absolute atomic E-state index is 5.18. The van der Waals surface area contributed by atoms with E-state index in [4.69, 9.17) is 15.0 Å². The van der Waals surface area contributed by atoms with Crippen LogP contribution in [0.15, 0.2) is 243 Å². The zero-order chi connectivity index (χ0) is 45.4. The summed E-state index contributed by atoms with van der Waals surface area (Å²) in [5.74, 6) is 2.18. The molecular weight excluding hydrogens is 841 g/mol. The second kappa shape index (κ2) is 15.8. The first-order valence-corrected chi connectivity index (χ1v) is 23.6. The molecule has 0 saturated heterocycles. The summed E-state index contributed by atoms with van der Waals surface area (Å²) in [5.41, 5.74) is 15.5. The number of anilines is 2. The van der Waals surface area contributed by atoms with Crippen molar-refractivity contribution in [1.29, 1.82) is 0 Å². The van der Waals surface area contributed by atoms with Gasteiger partial charge in [0.1, 0.15) is 0 Å². The Labute approximate surface area is 399 Å². The van der Waals surface area contributed by atoms with Crippen LogP contribution < -0.4 is 4.90 Å². The minimum Gasteiger partial charge on any atom is -0.333 e. The minimum atomic E-state index is 0.209. The Kier molecular flexibility index (Phi) is 8.92. The van der Waals surface area contributed by atoms with Crippen LogP contribution in [0.1, 0.15) is 11.5 Å². The van der Waals surface area contributed by atoms with Crippen LogP contribution in [0.25, 0.3) is 100 Å². The lowest BCUT2D eigenvalue weighted by Crippen LogP contribution is -2.28. The van der Waals surface area contributed by atoms with E-state index >= 15 is 0 Å². The van der Waals surface area contributed by atoms with Crippen molar-refractivity contribution in [2.24, 2.45) is 0 Å². The fourth-order valence-corrected chi connectivity index (χ4v) is 11.0. The second-order valence-electron chi connectivity index (χ2n) is 18.0. The third-order valence-corrected chi connectivity index (χ3v) is 14.1. The second-order valence-corrected chi connectivity index (χ2v) is 18.0. The maximum Gasteiger partial charge on any atom is 0.164 e. The van der Waals surface area contributed by atoms with Gasteiger partial charge in [-0.15, -0.1) is 0 Å². The van der Waals surface area contributed by atoms with Crippen LogP contribution in [-0.4, -0.2) is 30.1 Å². The third kappa shape index (κ3) is 6.30. The first kappa shape index (κ1) is 39.1. The Morgan fingerprint density at radius 2 is 0.870 bits per heavy atom. The number of fused-ring (bicyclic) bond motifs is 9. The predicted octanol–water partition coefficient (Wildman–Crippen LogP) is 15.5. The van der Waals surface area contributed by atoms with Gasteiger partial charge in [0.2, 0.25) is 0 Å². The molecule has 14 rings (SSSR count). The molecule has 6 nitrogen and oxygen atoms in total. The number of hydrogen-bond donors (Lipinski definition) is 0. The van der Waals surface area contributed by atoms with Crippen molar-refractivity contribution in [2.45, 2.75) is 12.0 Å². The van der Waals surface area contributed by atoms with E-state index in [-0.39, 0.29) is 6.04 Å². The Morgan fingerprint density at radius 1 is 0.333 bits per heavy atom. The van der Waals surface area contributed by atoms with Gasteiger partial charge in [-0.3, -0.25) is 0 Å². The molecule has 0 fully saturated rings. The smallest absolute Gasteiger partial charge is 0.164 e.